The van der Waals surface area contributed by atoms with Crippen molar-refractivity contribution in [1.29, 1.82) is 0 Å². The van der Waals surface area contributed by atoms with Crippen LogP contribution in [0.25, 0.3) is 0 Å². The normalized spacial score (nSPS) is 10.5. The molecule has 0 saturated carbocycles. The molecule has 1 rings (SSSR count). The molecule has 4 nitrogen and oxygen atoms in total. The van der Waals surface area contributed by atoms with Crippen molar-refractivity contribution < 1.29 is 19.1 Å². The molecule has 0 aromatic heterocycles. The van der Waals surface area contributed by atoms with Gasteiger partial charge in [0.1, 0.15) is 6.61 Å². The molecule has 0 heterocycles. The third kappa shape index (κ3) is 6.82. The van der Waals surface area contributed by atoms with Crippen LogP contribution in [0.5, 0.6) is 0 Å². The Morgan fingerprint density at radius 3 is 2.33 bits per heavy atom. The summed E-state index contributed by atoms with van der Waals surface area (Å²) in [5.74, 6) is -0.611. The summed E-state index contributed by atoms with van der Waals surface area (Å²) in [6.07, 6.45) is -0.00998. The van der Waals surface area contributed by atoms with Crippen molar-refractivity contribution in [3.05, 3.63) is 33.8 Å². The fraction of sp³-hybridized carbons (Fsp3) is 0.467. The standard InChI is InChI=1S/C15H18Cl2O4/c1-10(2)8-20-13(18)6-7-14(19)21-9-11-4-3-5-12(16)15(11)17/h3-5,10H,6-9H2,1-2H3. The molecule has 0 aliphatic rings. The summed E-state index contributed by atoms with van der Waals surface area (Å²) in [6, 6.07) is 5.10. The number of carbonyl (C=O) groups excluding carboxylic acids is 2. The zero-order chi connectivity index (χ0) is 15.8. The first-order valence-corrected chi connectivity index (χ1v) is 7.40. The maximum absolute atomic E-state index is 11.5. The van der Waals surface area contributed by atoms with Crippen molar-refractivity contribution in [3.63, 3.8) is 0 Å². The van der Waals surface area contributed by atoms with Gasteiger partial charge in [0.15, 0.2) is 0 Å². The van der Waals surface area contributed by atoms with Gasteiger partial charge >= 0.3 is 11.9 Å². The average molecular weight is 333 g/mol. The molecule has 0 N–H and O–H groups in total. The Labute approximate surface area is 134 Å². The Morgan fingerprint density at radius 1 is 1.10 bits per heavy atom. The van der Waals surface area contributed by atoms with E-state index in [1.54, 1.807) is 18.2 Å². The van der Waals surface area contributed by atoms with E-state index >= 15 is 0 Å². The predicted octanol–water partition coefficient (Wildman–Crippen LogP) is 4.02. The molecule has 1 aromatic carbocycles. The number of esters is 2. The Hall–Kier alpha value is -1.26. The number of hydrogen-bond acceptors (Lipinski definition) is 4. The highest BCUT2D eigenvalue weighted by Gasteiger charge is 2.11. The minimum Gasteiger partial charge on any atom is -0.465 e. The van der Waals surface area contributed by atoms with Crippen molar-refractivity contribution in [3.8, 4) is 0 Å². The van der Waals surface area contributed by atoms with Gasteiger partial charge in [-0.25, -0.2) is 0 Å². The molecule has 0 amide bonds. The zero-order valence-corrected chi connectivity index (χ0v) is 13.5. The SMILES string of the molecule is CC(C)COC(=O)CCC(=O)OCc1cccc(Cl)c1Cl. The summed E-state index contributed by atoms with van der Waals surface area (Å²) in [4.78, 5) is 22.9. The van der Waals surface area contributed by atoms with E-state index in [9.17, 15) is 9.59 Å². The summed E-state index contributed by atoms with van der Waals surface area (Å²) >= 11 is 11.8. The number of rotatable bonds is 7. The van der Waals surface area contributed by atoms with Crippen LogP contribution in [-0.2, 0) is 25.7 Å². The maximum atomic E-state index is 11.5. The number of ether oxygens (including phenoxy) is 2. The molecule has 0 aliphatic heterocycles. The molecule has 6 heteroatoms. The van der Waals surface area contributed by atoms with Crippen LogP contribution in [0.1, 0.15) is 32.3 Å². The van der Waals surface area contributed by atoms with Crippen LogP contribution in [0.15, 0.2) is 18.2 Å². The first kappa shape index (κ1) is 17.8. The molecule has 0 aliphatic carbocycles. The summed E-state index contributed by atoms with van der Waals surface area (Å²) in [7, 11) is 0. The molecule has 0 fully saturated rings. The quantitative estimate of drug-likeness (QED) is 0.707. The van der Waals surface area contributed by atoms with Gasteiger partial charge in [-0.1, -0.05) is 49.2 Å². The Kier molecular flexibility index (Phi) is 7.54. The summed E-state index contributed by atoms with van der Waals surface area (Å²) in [6.45, 7) is 4.26. The van der Waals surface area contributed by atoms with Crippen LogP contribution in [-0.4, -0.2) is 18.5 Å². The van der Waals surface area contributed by atoms with Gasteiger partial charge in [0.25, 0.3) is 0 Å². The van der Waals surface area contributed by atoms with Crippen LogP contribution in [0.4, 0.5) is 0 Å². The predicted molar refractivity (Wildman–Crippen MR) is 81.3 cm³/mol. The second kappa shape index (κ2) is 8.90. The van der Waals surface area contributed by atoms with Gasteiger partial charge in [-0.05, 0) is 12.0 Å². The van der Waals surface area contributed by atoms with Gasteiger partial charge < -0.3 is 9.47 Å². The topological polar surface area (TPSA) is 52.6 Å². The van der Waals surface area contributed by atoms with Crippen LogP contribution < -0.4 is 0 Å². The first-order valence-electron chi connectivity index (χ1n) is 6.64. The molecule has 21 heavy (non-hydrogen) atoms. The molecule has 0 radical (unpaired) electrons. The lowest BCUT2D eigenvalue weighted by molar-refractivity contribution is -0.151. The minimum absolute atomic E-state index is 0.00876. The van der Waals surface area contributed by atoms with Crippen LogP contribution in [0.3, 0.4) is 0 Å². The highest BCUT2D eigenvalue weighted by molar-refractivity contribution is 6.42. The van der Waals surface area contributed by atoms with Gasteiger partial charge in [0.2, 0.25) is 0 Å². The molecular formula is C15H18Cl2O4. The van der Waals surface area contributed by atoms with Crippen molar-refractivity contribution in [2.24, 2.45) is 5.92 Å². The molecule has 0 unspecified atom stereocenters. The number of hydrogen-bond donors (Lipinski definition) is 0. The third-order valence-electron chi connectivity index (χ3n) is 2.53. The second-order valence-corrected chi connectivity index (χ2v) is 5.74. The van der Waals surface area contributed by atoms with Crippen LogP contribution in [0.2, 0.25) is 10.0 Å². The van der Waals surface area contributed by atoms with Crippen molar-refractivity contribution in [2.75, 3.05) is 6.61 Å². The summed E-state index contributed by atoms with van der Waals surface area (Å²) in [5.41, 5.74) is 0.625. The Morgan fingerprint density at radius 2 is 1.71 bits per heavy atom. The number of benzene rings is 1. The maximum Gasteiger partial charge on any atom is 0.306 e. The zero-order valence-electron chi connectivity index (χ0n) is 12.0. The van der Waals surface area contributed by atoms with Gasteiger partial charge in [0.05, 0.1) is 29.5 Å². The fourth-order valence-corrected chi connectivity index (χ4v) is 1.80. The Bertz CT molecular complexity index is 500. The van der Waals surface area contributed by atoms with Crippen molar-refractivity contribution in [1.82, 2.24) is 0 Å². The third-order valence-corrected chi connectivity index (χ3v) is 3.39. The minimum atomic E-state index is -0.479. The van der Waals surface area contributed by atoms with E-state index in [-0.39, 0.29) is 25.4 Å². The van der Waals surface area contributed by atoms with Crippen molar-refractivity contribution in [2.45, 2.75) is 33.3 Å². The van der Waals surface area contributed by atoms with Crippen molar-refractivity contribution >= 4 is 35.1 Å². The van der Waals surface area contributed by atoms with E-state index < -0.39 is 11.9 Å². The van der Waals surface area contributed by atoms with E-state index in [0.29, 0.717) is 22.2 Å². The summed E-state index contributed by atoms with van der Waals surface area (Å²) < 4.78 is 10.0. The molecule has 0 bridgehead atoms. The monoisotopic (exact) mass is 332 g/mol. The van der Waals surface area contributed by atoms with E-state index in [4.69, 9.17) is 32.7 Å². The average Bonchev–Trinajstić information content (AvgIpc) is 2.44. The second-order valence-electron chi connectivity index (χ2n) is 4.95. The Balaban J connectivity index is 2.31. The smallest absolute Gasteiger partial charge is 0.306 e. The lowest BCUT2D eigenvalue weighted by atomic mass is 10.2. The lowest BCUT2D eigenvalue weighted by Gasteiger charge is -2.08. The lowest BCUT2D eigenvalue weighted by Crippen LogP contribution is -2.13. The van der Waals surface area contributed by atoms with E-state index in [1.165, 1.54) is 0 Å². The van der Waals surface area contributed by atoms with Gasteiger partial charge in [-0.15, -0.1) is 0 Å². The first-order chi connectivity index (χ1) is 9.90. The van der Waals surface area contributed by atoms with Crippen LogP contribution in [0, 0.1) is 5.92 Å². The molecular weight excluding hydrogens is 315 g/mol. The largest absolute Gasteiger partial charge is 0.465 e. The van der Waals surface area contributed by atoms with E-state index in [1.807, 2.05) is 13.8 Å². The molecule has 0 atom stereocenters. The van der Waals surface area contributed by atoms with Gasteiger partial charge in [-0.3, -0.25) is 9.59 Å². The summed E-state index contributed by atoms with van der Waals surface area (Å²) in [5, 5.41) is 0.769. The fourth-order valence-electron chi connectivity index (χ4n) is 1.43. The molecule has 1 aromatic rings. The highest BCUT2D eigenvalue weighted by Crippen LogP contribution is 2.26. The van der Waals surface area contributed by atoms with Gasteiger partial charge in [-0.2, -0.15) is 0 Å². The molecule has 0 saturated heterocycles. The van der Waals surface area contributed by atoms with E-state index in [2.05, 4.69) is 0 Å². The van der Waals surface area contributed by atoms with Gasteiger partial charge in [0, 0.05) is 5.56 Å². The molecule has 116 valence electrons. The van der Waals surface area contributed by atoms with E-state index in [0.717, 1.165) is 0 Å². The highest BCUT2D eigenvalue weighted by atomic mass is 35.5. The van der Waals surface area contributed by atoms with Crippen LogP contribution >= 0.6 is 23.2 Å². The number of halogens is 2. The molecule has 0 spiro atoms. The number of carbonyl (C=O) groups is 2.